The molecule has 0 radical (unpaired) electrons. The van der Waals surface area contributed by atoms with Gasteiger partial charge in [0.15, 0.2) is 0 Å². The number of para-hydroxylation sites is 1. The number of benzene rings is 1. The summed E-state index contributed by atoms with van der Waals surface area (Å²) < 4.78 is 0. The zero-order valence-electron chi connectivity index (χ0n) is 9.48. The molecule has 0 spiro atoms. The Morgan fingerprint density at radius 1 is 1.19 bits per heavy atom. The van der Waals surface area contributed by atoms with Crippen LogP contribution in [0.1, 0.15) is 12.5 Å². The molecule has 1 aromatic carbocycles. The molecule has 0 saturated carbocycles. The van der Waals surface area contributed by atoms with Gasteiger partial charge in [-0.15, -0.1) is 0 Å². The van der Waals surface area contributed by atoms with Crippen molar-refractivity contribution in [3.8, 4) is 5.75 Å². The maximum absolute atomic E-state index is 9.52. The highest BCUT2D eigenvalue weighted by Gasteiger charge is 2.21. The maximum atomic E-state index is 9.52. The topological polar surface area (TPSA) is 72.7 Å². The SMILES string of the molecule is CC(CO)(CO)CNCc1ccccc1O. The predicted molar refractivity (Wildman–Crippen MR) is 62.1 cm³/mol. The smallest absolute Gasteiger partial charge is 0.120 e. The lowest BCUT2D eigenvalue weighted by Gasteiger charge is -2.24. The van der Waals surface area contributed by atoms with E-state index in [0.29, 0.717) is 13.1 Å². The van der Waals surface area contributed by atoms with Crippen LogP contribution < -0.4 is 5.32 Å². The van der Waals surface area contributed by atoms with Crippen molar-refractivity contribution in [2.75, 3.05) is 19.8 Å². The molecule has 1 rings (SSSR count). The van der Waals surface area contributed by atoms with Gasteiger partial charge >= 0.3 is 0 Å². The number of phenolic OH excluding ortho intramolecular Hbond substituents is 1. The minimum Gasteiger partial charge on any atom is -0.508 e. The van der Waals surface area contributed by atoms with E-state index in [4.69, 9.17) is 10.2 Å². The van der Waals surface area contributed by atoms with Gasteiger partial charge in [0.05, 0.1) is 13.2 Å². The van der Waals surface area contributed by atoms with E-state index in [2.05, 4.69) is 5.32 Å². The summed E-state index contributed by atoms with van der Waals surface area (Å²) >= 11 is 0. The van der Waals surface area contributed by atoms with E-state index in [-0.39, 0.29) is 19.0 Å². The summed E-state index contributed by atoms with van der Waals surface area (Å²) in [6.07, 6.45) is 0. The van der Waals surface area contributed by atoms with Crippen LogP contribution in [-0.2, 0) is 6.54 Å². The minimum atomic E-state index is -0.523. The highest BCUT2D eigenvalue weighted by Crippen LogP contribution is 2.16. The van der Waals surface area contributed by atoms with E-state index in [1.54, 1.807) is 19.1 Å². The molecule has 0 amide bonds. The van der Waals surface area contributed by atoms with E-state index in [1.807, 2.05) is 12.1 Å². The molecule has 4 heteroatoms. The quantitative estimate of drug-likeness (QED) is 0.568. The second kappa shape index (κ2) is 5.84. The third kappa shape index (κ3) is 3.48. The predicted octanol–water partition coefficient (Wildman–Crippen LogP) is 0.473. The molecule has 4 N–H and O–H groups in total. The fraction of sp³-hybridized carbons (Fsp3) is 0.500. The van der Waals surface area contributed by atoms with Crippen molar-refractivity contribution in [2.24, 2.45) is 5.41 Å². The summed E-state index contributed by atoms with van der Waals surface area (Å²) in [7, 11) is 0. The molecule has 16 heavy (non-hydrogen) atoms. The van der Waals surface area contributed by atoms with Crippen LogP contribution in [0.5, 0.6) is 5.75 Å². The molecule has 4 nitrogen and oxygen atoms in total. The van der Waals surface area contributed by atoms with Gasteiger partial charge in [0.1, 0.15) is 5.75 Å². The van der Waals surface area contributed by atoms with Crippen LogP contribution in [0.3, 0.4) is 0 Å². The van der Waals surface area contributed by atoms with Crippen molar-refractivity contribution in [3.05, 3.63) is 29.8 Å². The number of hydrogen-bond donors (Lipinski definition) is 4. The van der Waals surface area contributed by atoms with Gasteiger partial charge in [0.25, 0.3) is 0 Å². The Kier molecular flexibility index (Phi) is 4.73. The highest BCUT2D eigenvalue weighted by atomic mass is 16.3. The molecule has 0 saturated heterocycles. The van der Waals surface area contributed by atoms with Crippen LogP contribution in [0, 0.1) is 5.41 Å². The Labute approximate surface area is 95.6 Å². The van der Waals surface area contributed by atoms with E-state index < -0.39 is 5.41 Å². The zero-order chi connectivity index (χ0) is 12.0. The lowest BCUT2D eigenvalue weighted by Crippen LogP contribution is -2.37. The molecule has 0 unspecified atom stereocenters. The van der Waals surface area contributed by atoms with Crippen molar-refractivity contribution < 1.29 is 15.3 Å². The molecule has 0 heterocycles. The molecule has 0 atom stereocenters. The fourth-order valence-corrected chi connectivity index (χ4v) is 1.32. The van der Waals surface area contributed by atoms with Crippen LogP contribution in [0.15, 0.2) is 24.3 Å². The molecule has 90 valence electrons. The first-order valence-corrected chi connectivity index (χ1v) is 5.30. The van der Waals surface area contributed by atoms with Crippen molar-refractivity contribution >= 4 is 0 Å². The zero-order valence-corrected chi connectivity index (χ0v) is 9.48. The van der Waals surface area contributed by atoms with Gasteiger partial charge in [0, 0.05) is 24.1 Å². The molecular weight excluding hydrogens is 206 g/mol. The van der Waals surface area contributed by atoms with Gasteiger partial charge in [-0.25, -0.2) is 0 Å². The lowest BCUT2D eigenvalue weighted by molar-refractivity contribution is 0.0695. The second-order valence-corrected chi connectivity index (χ2v) is 4.36. The number of aliphatic hydroxyl groups excluding tert-OH is 2. The standard InChI is InChI=1S/C12H19NO3/c1-12(8-14,9-15)7-13-6-10-4-2-3-5-11(10)16/h2-5,13-16H,6-9H2,1H3. The number of aromatic hydroxyl groups is 1. The van der Waals surface area contributed by atoms with Crippen LogP contribution in [0.25, 0.3) is 0 Å². The van der Waals surface area contributed by atoms with Gasteiger partial charge in [-0.2, -0.15) is 0 Å². The summed E-state index contributed by atoms with van der Waals surface area (Å²) in [5.41, 5.74) is 0.283. The van der Waals surface area contributed by atoms with Gasteiger partial charge < -0.3 is 20.6 Å². The second-order valence-electron chi connectivity index (χ2n) is 4.36. The first kappa shape index (κ1) is 13.0. The Morgan fingerprint density at radius 2 is 1.81 bits per heavy atom. The summed E-state index contributed by atoms with van der Waals surface area (Å²) in [6.45, 7) is 2.66. The average Bonchev–Trinajstić information content (AvgIpc) is 2.31. The number of phenols is 1. The molecule has 0 aromatic heterocycles. The van der Waals surface area contributed by atoms with Crippen LogP contribution in [0.2, 0.25) is 0 Å². The molecule has 1 aromatic rings. The fourth-order valence-electron chi connectivity index (χ4n) is 1.32. The first-order valence-electron chi connectivity index (χ1n) is 5.30. The van der Waals surface area contributed by atoms with Gasteiger partial charge in [0.2, 0.25) is 0 Å². The van der Waals surface area contributed by atoms with Crippen molar-refractivity contribution in [3.63, 3.8) is 0 Å². The molecular formula is C12H19NO3. The monoisotopic (exact) mass is 225 g/mol. The number of hydrogen-bond acceptors (Lipinski definition) is 4. The number of rotatable bonds is 6. The number of nitrogens with one attached hydrogen (secondary N) is 1. The Balaban J connectivity index is 2.44. The van der Waals surface area contributed by atoms with Crippen molar-refractivity contribution in [2.45, 2.75) is 13.5 Å². The van der Waals surface area contributed by atoms with Crippen LogP contribution in [-0.4, -0.2) is 35.1 Å². The first-order chi connectivity index (χ1) is 7.61. The Morgan fingerprint density at radius 3 is 2.38 bits per heavy atom. The summed E-state index contributed by atoms with van der Waals surface area (Å²) in [5, 5.41) is 30.8. The molecule has 0 aliphatic heterocycles. The van der Waals surface area contributed by atoms with Crippen LogP contribution in [0.4, 0.5) is 0 Å². The van der Waals surface area contributed by atoms with E-state index >= 15 is 0 Å². The van der Waals surface area contributed by atoms with Gasteiger partial charge in [-0.1, -0.05) is 25.1 Å². The summed E-state index contributed by atoms with van der Waals surface area (Å²) in [6, 6.07) is 7.09. The maximum Gasteiger partial charge on any atom is 0.120 e. The van der Waals surface area contributed by atoms with Gasteiger partial charge in [-0.3, -0.25) is 0 Å². The highest BCUT2D eigenvalue weighted by molar-refractivity contribution is 5.31. The number of aliphatic hydroxyl groups is 2. The van der Waals surface area contributed by atoms with E-state index in [0.717, 1.165) is 5.56 Å². The Bertz CT molecular complexity index is 324. The Hall–Kier alpha value is -1.10. The molecule has 0 bridgehead atoms. The third-order valence-corrected chi connectivity index (χ3v) is 2.62. The van der Waals surface area contributed by atoms with E-state index in [9.17, 15) is 5.11 Å². The van der Waals surface area contributed by atoms with Gasteiger partial charge in [-0.05, 0) is 6.07 Å². The molecule has 0 aliphatic carbocycles. The minimum absolute atomic E-state index is 0.0722. The summed E-state index contributed by atoms with van der Waals surface area (Å²) in [5.74, 6) is 0.254. The van der Waals surface area contributed by atoms with E-state index in [1.165, 1.54) is 0 Å². The summed E-state index contributed by atoms with van der Waals surface area (Å²) in [4.78, 5) is 0. The van der Waals surface area contributed by atoms with Crippen molar-refractivity contribution in [1.29, 1.82) is 0 Å². The van der Waals surface area contributed by atoms with Crippen LogP contribution >= 0.6 is 0 Å². The third-order valence-electron chi connectivity index (χ3n) is 2.62. The lowest BCUT2D eigenvalue weighted by atomic mass is 9.93. The average molecular weight is 225 g/mol. The molecule has 0 fully saturated rings. The van der Waals surface area contributed by atoms with Crippen molar-refractivity contribution in [1.82, 2.24) is 5.32 Å². The normalized spacial score (nSPS) is 11.7. The molecule has 0 aliphatic rings. The largest absolute Gasteiger partial charge is 0.508 e.